The third-order valence-corrected chi connectivity index (χ3v) is 4.38. The Bertz CT molecular complexity index is 850. The van der Waals surface area contributed by atoms with Gasteiger partial charge in [0.25, 0.3) is 0 Å². The number of alkyl carbamates (subject to hydrolysis) is 1. The van der Waals surface area contributed by atoms with Crippen molar-refractivity contribution in [3.8, 4) is 5.75 Å². The predicted octanol–water partition coefficient (Wildman–Crippen LogP) is 3.43. The first-order chi connectivity index (χ1) is 13.9. The highest BCUT2D eigenvalue weighted by molar-refractivity contribution is 5.98. The van der Waals surface area contributed by atoms with Crippen LogP contribution in [0.25, 0.3) is 0 Å². The van der Waals surface area contributed by atoms with Crippen molar-refractivity contribution >= 4 is 17.8 Å². The molecule has 0 bridgehead atoms. The highest BCUT2D eigenvalue weighted by Crippen LogP contribution is 2.19. The fourth-order valence-corrected chi connectivity index (χ4v) is 2.78. The number of nitrogens with one attached hydrogen (secondary N) is 1. The molecule has 2 rings (SSSR count). The molecule has 1 N–H and O–H groups in total. The molecule has 0 aliphatic rings. The molecule has 2 aromatic carbocycles. The lowest BCUT2D eigenvalue weighted by Gasteiger charge is -2.16. The molecule has 0 saturated carbocycles. The highest BCUT2D eigenvalue weighted by Gasteiger charge is 2.24. The molecule has 2 aromatic rings. The third kappa shape index (κ3) is 6.64. The Kier molecular flexibility index (Phi) is 8.21. The molecule has 7 nitrogen and oxygen atoms in total. The number of hydrogen-bond acceptors (Lipinski definition) is 6. The second-order valence-electron chi connectivity index (χ2n) is 6.42. The van der Waals surface area contributed by atoms with Gasteiger partial charge in [0.05, 0.1) is 14.2 Å². The molecule has 1 amide bonds. The first kappa shape index (κ1) is 21.9. The molecule has 29 heavy (non-hydrogen) atoms. The zero-order valence-corrected chi connectivity index (χ0v) is 16.8. The average molecular weight is 399 g/mol. The van der Waals surface area contributed by atoms with Gasteiger partial charge in [0.2, 0.25) is 0 Å². The lowest BCUT2D eigenvalue weighted by molar-refractivity contribution is -0.143. The number of esters is 1. The van der Waals surface area contributed by atoms with Gasteiger partial charge in [-0.3, -0.25) is 4.79 Å². The summed E-state index contributed by atoms with van der Waals surface area (Å²) in [5, 5.41) is 2.47. The molecule has 0 radical (unpaired) electrons. The van der Waals surface area contributed by atoms with E-state index in [0.717, 1.165) is 11.1 Å². The van der Waals surface area contributed by atoms with Crippen LogP contribution in [0.5, 0.6) is 5.75 Å². The number of rotatable bonds is 9. The van der Waals surface area contributed by atoms with E-state index in [1.807, 2.05) is 37.3 Å². The average Bonchev–Trinajstić information content (AvgIpc) is 2.74. The van der Waals surface area contributed by atoms with Gasteiger partial charge in [0, 0.05) is 12.0 Å². The molecule has 0 aliphatic carbocycles. The number of ether oxygens (including phenoxy) is 3. The Morgan fingerprint density at radius 2 is 1.76 bits per heavy atom. The van der Waals surface area contributed by atoms with Gasteiger partial charge in [-0.2, -0.15) is 0 Å². The fourth-order valence-electron chi connectivity index (χ4n) is 2.78. The summed E-state index contributed by atoms with van der Waals surface area (Å²) in [7, 11) is 2.78. The molecule has 0 aliphatic heterocycles. The second kappa shape index (κ2) is 10.8. The molecule has 1 atom stereocenters. The van der Waals surface area contributed by atoms with Crippen molar-refractivity contribution in [2.24, 2.45) is 0 Å². The lowest BCUT2D eigenvalue weighted by Crippen LogP contribution is -2.42. The van der Waals surface area contributed by atoms with E-state index in [1.54, 1.807) is 25.3 Å². The molecule has 154 valence electrons. The van der Waals surface area contributed by atoms with Gasteiger partial charge in [0.15, 0.2) is 5.78 Å². The molecular formula is C22H25NO6. The summed E-state index contributed by atoms with van der Waals surface area (Å²) in [6.45, 7) is 1.89. The number of carbonyl (C=O) groups excluding carboxylic acids is 3. The van der Waals surface area contributed by atoms with Crippen LogP contribution in [-0.4, -0.2) is 38.1 Å². The minimum Gasteiger partial charge on any atom is -0.497 e. The monoisotopic (exact) mass is 399 g/mol. The van der Waals surface area contributed by atoms with Crippen molar-refractivity contribution in [1.82, 2.24) is 5.32 Å². The van der Waals surface area contributed by atoms with E-state index in [9.17, 15) is 14.4 Å². The summed E-state index contributed by atoms with van der Waals surface area (Å²) in [4.78, 5) is 36.6. The summed E-state index contributed by atoms with van der Waals surface area (Å²) in [6.07, 6.45) is -0.596. The molecule has 0 saturated heterocycles. The second-order valence-corrected chi connectivity index (χ2v) is 6.42. The van der Waals surface area contributed by atoms with E-state index in [2.05, 4.69) is 5.32 Å². The van der Waals surface area contributed by atoms with E-state index in [0.29, 0.717) is 11.3 Å². The number of hydrogen-bond donors (Lipinski definition) is 1. The summed E-state index contributed by atoms with van der Waals surface area (Å²) in [6, 6.07) is 13.3. The van der Waals surface area contributed by atoms with E-state index >= 15 is 0 Å². The molecule has 7 heteroatoms. The Hall–Kier alpha value is -3.35. The minimum atomic E-state index is -0.981. The molecule has 0 aromatic heterocycles. The van der Waals surface area contributed by atoms with Crippen LogP contribution in [-0.2, 0) is 20.9 Å². The van der Waals surface area contributed by atoms with E-state index in [1.165, 1.54) is 7.11 Å². The van der Waals surface area contributed by atoms with Crippen molar-refractivity contribution in [3.63, 3.8) is 0 Å². The molecule has 0 fully saturated rings. The molecular weight excluding hydrogens is 374 g/mol. The third-order valence-electron chi connectivity index (χ3n) is 4.38. The number of carbonyl (C=O) groups is 3. The first-order valence-corrected chi connectivity index (χ1v) is 9.17. The number of amides is 1. The fraction of sp³-hybridized carbons (Fsp3) is 0.318. The van der Waals surface area contributed by atoms with E-state index < -0.39 is 18.1 Å². The predicted molar refractivity (Wildman–Crippen MR) is 107 cm³/mol. The van der Waals surface area contributed by atoms with Crippen LogP contribution < -0.4 is 10.1 Å². The zero-order valence-electron chi connectivity index (χ0n) is 16.8. The molecule has 0 heterocycles. The van der Waals surface area contributed by atoms with Gasteiger partial charge in [-0.1, -0.05) is 30.3 Å². The Labute approximate surface area is 170 Å². The maximum atomic E-state index is 12.5. The quantitative estimate of drug-likeness (QED) is 0.513. The number of ketones is 1. The molecule has 0 spiro atoms. The van der Waals surface area contributed by atoms with Crippen LogP contribution in [0.15, 0.2) is 48.5 Å². The molecule has 1 unspecified atom stereocenters. The van der Waals surface area contributed by atoms with Crippen LogP contribution in [0, 0.1) is 6.92 Å². The standard InChI is InChI=1S/C22H25NO6/c1-15-13-17(27-2)9-10-18(15)20(24)12-11-19(21(25)28-3)23-22(26)29-14-16-7-5-4-6-8-16/h4-10,13,19H,11-12,14H2,1-3H3,(H,23,26). The van der Waals surface area contributed by atoms with Crippen molar-refractivity contribution in [3.05, 3.63) is 65.2 Å². The smallest absolute Gasteiger partial charge is 0.408 e. The van der Waals surface area contributed by atoms with Crippen molar-refractivity contribution in [1.29, 1.82) is 0 Å². The van der Waals surface area contributed by atoms with Crippen LogP contribution >= 0.6 is 0 Å². The SMILES string of the molecule is COC(=O)C(CCC(=O)c1ccc(OC)cc1C)NC(=O)OCc1ccccc1. The lowest BCUT2D eigenvalue weighted by atomic mass is 9.99. The number of Topliss-reactive ketones (excluding diaryl/α,β-unsaturated/α-hetero) is 1. The summed E-state index contributed by atoms with van der Waals surface area (Å²) in [5.41, 5.74) is 2.14. The largest absolute Gasteiger partial charge is 0.497 e. The van der Waals surface area contributed by atoms with Gasteiger partial charge in [0.1, 0.15) is 18.4 Å². The van der Waals surface area contributed by atoms with Crippen molar-refractivity contribution < 1.29 is 28.6 Å². The van der Waals surface area contributed by atoms with Crippen molar-refractivity contribution in [2.45, 2.75) is 32.4 Å². The number of methoxy groups -OCH3 is 2. The number of benzene rings is 2. The summed E-state index contributed by atoms with van der Waals surface area (Å²) >= 11 is 0. The van der Waals surface area contributed by atoms with Gasteiger partial charge >= 0.3 is 12.1 Å². The van der Waals surface area contributed by atoms with Gasteiger partial charge < -0.3 is 19.5 Å². The zero-order chi connectivity index (χ0) is 21.2. The van der Waals surface area contributed by atoms with E-state index in [4.69, 9.17) is 14.2 Å². The van der Waals surface area contributed by atoms with Crippen LogP contribution in [0.4, 0.5) is 4.79 Å². The minimum absolute atomic E-state index is 0.0614. The van der Waals surface area contributed by atoms with Crippen LogP contribution in [0.3, 0.4) is 0 Å². The van der Waals surface area contributed by atoms with Crippen molar-refractivity contribution in [2.75, 3.05) is 14.2 Å². The Morgan fingerprint density at radius 1 is 1.03 bits per heavy atom. The topological polar surface area (TPSA) is 90.9 Å². The van der Waals surface area contributed by atoms with Crippen LogP contribution in [0.1, 0.15) is 34.3 Å². The highest BCUT2D eigenvalue weighted by atomic mass is 16.6. The first-order valence-electron chi connectivity index (χ1n) is 9.17. The maximum Gasteiger partial charge on any atom is 0.408 e. The summed E-state index contributed by atoms with van der Waals surface area (Å²) < 4.78 is 15.0. The van der Waals surface area contributed by atoms with Gasteiger partial charge in [-0.05, 0) is 42.7 Å². The van der Waals surface area contributed by atoms with Gasteiger partial charge in [-0.25, -0.2) is 9.59 Å². The normalized spacial score (nSPS) is 11.3. The maximum absolute atomic E-state index is 12.5. The summed E-state index contributed by atoms with van der Waals surface area (Å²) in [5.74, 6) is -0.117. The Balaban J connectivity index is 1.93. The number of aryl methyl sites for hydroxylation is 1. The Morgan fingerprint density at radius 3 is 2.38 bits per heavy atom. The van der Waals surface area contributed by atoms with Crippen LogP contribution in [0.2, 0.25) is 0 Å². The van der Waals surface area contributed by atoms with E-state index in [-0.39, 0.29) is 25.2 Å². The van der Waals surface area contributed by atoms with Gasteiger partial charge in [-0.15, -0.1) is 0 Å².